The van der Waals surface area contributed by atoms with Crippen molar-refractivity contribution in [2.45, 2.75) is 25.3 Å². The van der Waals surface area contributed by atoms with Gasteiger partial charge in [0.2, 0.25) is 5.91 Å². The number of amides is 1. The molecule has 4 heteroatoms. The molecular formula is C14H20N2O2. The summed E-state index contributed by atoms with van der Waals surface area (Å²) in [5.74, 6) is -0.415. The lowest BCUT2D eigenvalue weighted by molar-refractivity contribution is -0.122. The highest BCUT2D eigenvalue weighted by Gasteiger charge is 2.17. The standard InChI is InChI=1S/C14H20N2O2/c15-14(17)10-18-8-7-16-13-6-5-11-3-1-2-4-12(11)9-13/h1-4,13,16H,5-10H2,(H2,15,17). The van der Waals surface area contributed by atoms with E-state index >= 15 is 0 Å². The first-order valence-corrected chi connectivity index (χ1v) is 6.42. The number of ether oxygens (including phenoxy) is 1. The summed E-state index contributed by atoms with van der Waals surface area (Å²) in [5.41, 5.74) is 7.90. The average Bonchev–Trinajstić information content (AvgIpc) is 2.38. The Balaban J connectivity index is 1.68. The van der Waals surface area contributed by atoms with E-state index in [4.69, 9.17) is 10.5 Å². The fourth-order valence-corrected chi connectivity index (χ4v) is 2.38. The summed E-state index contributed by atoms with van der Waals surface area (Å²) < 4.78 is 5.12. The van der Waals surface area contributed by atoms with Crippen molar-refractivity contribution >= 4 is 5.91 Å². The van der Waals surface area contributed by atoms with Crippen LogP contribution in [0.2, 0.25) is 0 Å². The van der Waals surface area contributed by atoms with Crippen molar-refractivity contribution in [3.63, 3.8) is 0 Å². The molecule has 1 amide bonds. The smallest absolute Gasteiger partial charge is 0.243 e. The van der Waals surface area contributed by atoms with Crippen LogP contribution in [0.5, 0.6) is 0 Å². The third kappa shape index (κ3) is 3.82. The van der Waals surface area contributed by atoms with E-state index in [0.29, 0.717) is 12.6 Å². The molecule has 0 aliphatic heterocycles. The Morgan fingerprint density at radius 2 is 2.17 bits per heavy atom. The normalized spacial score (nSPS) is 18.3. The first kappa shape index (κ1) is 13.1. The van der Waals surface area contributed by atoms with Crippen LogP contribution >= 0.6 is 0 Å². The highest BCUT2D eigenvalue weighted by molar-refractivity contribution is 5.74. The zero-order valence-corrected chi connectivity index (χ0v) is 10.5. The zero-order chi connectivity index (χ0) is 12.8. The monoisotopic (exact) mass is 248 g/mol. The maximum Gasteiger partial charge on any atom is 0.243 e. The van der Waals surface area contributed by atoms with Crippen LogP contribution in [0.3, 0.4) is 0 Å². The van der Waals surface area contributed by atoms with Gasteiger partial charge >= 0.3 is 0 Å². The molecule has 0 radical (unpaired) electrons. The number of carbonyl (C=O) groups is 1. The quantitative estimate of drug-likeness (QED) is 0.726. The van der Waals surface area contributed by atoms with Gasteiger partial charge in [0, 0.05) is 12.6 Å². The minimum atomic E-state index is -0.415. The zero-order valence-electron chi connectivity index (χ0n) is 10.5. The molecular weight excluding hydrogens is 228 g/mol. The Labute approximate surface area is 108 Å². The maximum atomic E-state index is 10.5. The number of hydrogen-bond acceptors (Lipinski definition) is 3. The molecule has 4 nitrogen and oxygen atoms in total. The number of fused-ring (bicyclic) bond motifs is 1. The lowest BCUT2D eigenvalue weighted by Crippen LogP contribution is -2.36. The van der Waals surface area contributed by atoms with Crippen LogP contribution in [0.15, 0.2) is 24.3 Å². The number of carbonyl (C=O) groups excluding carboxylic acids is 1. The third-order valence-electron chi connectivity index (χ3n) is 3.27. The number of nitrogens with two attached hydrogens (primary N) is 1. The first-order chi connectivity index (χ1) is 8.75. The Morgan fingerprint density at radius 3 is 2.94 bits per heavy atom. The van der Waals surface area contributed by atoms with Gasteiger partial charge in [-0.2, -0.15) is 0 Å². The van der Waals surface area contributed by atoms with Crippen molar-refractivity contribution in [1.29, 1.82) is 0 Å². The Kier molecular flexibility index (Phi) is 4.73. The van der Waals surface area contributed by atoms with Crippen LogP contribution in [-0.2, 0) is 22.4 Å². The van der Waals surface area contributed by atoms with Gasteiger partial charge in [-0.1, -0.05) is 24.3 Å². The maximum absolute atomic E-state index is 10.5. The number of primary amides is 1. The van der Waals surface area contributed by atoms with Gasteiger partial charge in [0.25, 0.3) is 0 Å². The second-order valence-corrected chi connectivity index (χ2v) is 4.68. The minimum absolute atomic E-state index is 0.00911. The SMILES string of the molecule is NC(=O)COCCNC1CCc2ccccc2C1. The molecule has 2 rings (SSSR count). The number of benzene rings is 1. The van der Waals surface area contributed by atoms with Gasteiger partial charge in [0.1, 0.15) is 6.61 Å². The van der Waals surface area contributed by atoms with E-state index in [1.807, 2.05) is 0 Å². The minimum Gasteiger partial charge on any atom is -0.370 e. The predicted molar refractivity (Wildman–Crippen MR) is 70.3 cm³/mol. The molecule has 1 aliphatic carbocycles. The number of nitrogens with one attached hydrogen (secondary N) is 1. The molecule has 1 atom stereocenters. The topological polar surface area (TPSA) is 64.4 Å². The molecule has 0 heterocycles. The average molecular weight is 248 g/mol. The summed E-state index contributed by atoms with van der Waals surface area (Å²) in [4.78, 5) is 10.5. The highest BCUT2D eigenvalue weighted by atomic mass is 16.5. The largest absolute Gasteiger partial charge is 0.370 e. The van der Waals surface area contributed by atoms with Gasteiger partial charge in [-0.05, 0) is 30.4 Å². The first-order valence-electron chi connectivity index (χ1n) is 6.42. The van der Waals surface area contributed by atoms with E-state index in [1.54, 1.807) is 0 Å². The van der Waals surface area contributed by atoms with Crippen molar-refractivity contribution in [2.24, 2.45) is 5.73 Å². The summed E-state index contributed by atoms with van der Waals surface area (Å²) in [6.07, 6.45) is 3.37. The molecule has 1 unspecified atom stereocenters. The fourth-order valence-electron chi connectivity index (χ4n) is 2.38. The predicted octanol–water partition coefficient (Wildman–Crippen LogP) is 0.635. The van der Waals surface area contributed by atoms with E-state index in [0.717, 1.165) is 25.8 Å². The highest BCUT2D eigenvalue weighted by Crippen LogP contribution is 2.20. The second kappa shape index (κ2) is 6.52. The van der Waals surface area contributed by atoms with Crippen molar-refractivity contribution in [1.82, 2.24) is 5.32 Å². The molecule has 1 aromatic carbocycles. The summed E-state index contributed by atoms with van der Waals surface area (Å²) in [5, 5.41) is 3.46. The number of rotatable bonds is 6. The van der Waals surface area contributed by atoms with Crippen LogP contribution < -0.4 is 11.1 Å². The molecule has 98 valence electrons. The Bertz CT molecular complexity index is 407. The molecule has 0 saturated heterocycles. The van der Waals surface area contributed by atoms with E-state index in [2.05, 4.69) is 29.6 Å². The van der Waals surface area contributed by atoms with Gasteiger partial charge in [-0.25, -0.2) is 0 Å². The second-order valence-electron chi connectivity index (χ2n) is 4.68. The van der Waals surface area contributed by atoms with Crippen LogP contribution in [0, 0.1) is 0 Å². The molecule has 0 bridgehead atoms. The lowest BCUT2D eigenvalue weighted by Gasteiger charge is -2.25. The number of aryl methyl sites for hydroxylation is 1. The summed E-state index contributed by atoms with van der Waals surface area (Å²) in [6, 6.07) is 9.12. The van der Waals surface area contributed by atoms with Crippen molar-refractivity contribution in [3.8, 4) is 0 Å². The molecule has 18 heavy (non-hydrogen) atoms. The molecule has 1 aliphatic rings. The molecule has 0 saturated carbocycles. The van der Waals surface area contributed by atoms with Gasteiger partial charge < -0.3 is 15.8 Å². The van der Waals surface area contributed by atoms with Gasteiger partial charge in [0.05, 0.1) is 6.61 Å². The molecule has 1 aromatic rings. The van der Waals surface area contributed by atoms with Crippen LogP contribution in [0.4, 0.5) is 0 Å². The molecule has 0 spiro atoms. The molecule has 0 fully saturated rings. The Hall–Kier alpha value is -1.39. The van der Waals surface area contributed by atoms with Crippen LogP contribution in [0.25, 0.3) is 0 Å². The summed E-state index contributed by atoms with van der Waals surface area (Å²) >= 11 is 0. The summed E-state index contributed by atoms with van der Waals surface area (Å²) in [7, 11) is 0. The van der Waals surface area contributed by atoms with Gasteiger partial charge in [-0.15, -0.1) is 0 Å². The van der Waals surface area contributed by atoms with Crippen molar-refractivity contribution < 1.29 is 9.53 Å². The van der Waals surface area contributed by atoms with Crippen LogP contribution in [0.1, 0.15) is 17.5 Å². The number of hydrogen-bond donors (Lipinski definition) is 2. The Morgan fingerprint density at radius 1 is 1.39 bits per heavy atom. The van der Waals surface area contributed by atoms with E-state index < -0.39 is 5.91 Å². The van der Waals surface area contributed by atoms with Gasteiger partial charge in [-0.3, -0.25) is 4.79 Å². The van der Waals surface area contributed by atoms with Gasteiger partial charge in [0.15, 0.2) is 0 Å². The lowest BCUT2D eigenvalue weighted by atomic mass is 9.88. The molecule has 0 aromatic heterocycles. The third-order valence-corrected chi connectivity index (χ3v) is 3.27. The summed E-state index contributed by atoms with van der Waals surface area (Å²) in [6.45, 7) is 1.30. The fraction of sp³-hybridized carbons (Fsp3) is 0.500. The van der Waals surface area contributed by atoms with Crippen molar-refractivity contribution in [2.75, 3.05) is 19.8 Å². The van der Waals surface area contributed by atoms with E-state index in [1.165, 1.54) is 11.1 Å². The van der Waals surface area contributed by atoms with Crippen LogP contribution in [-0.4, -0.2) is 31.7 Å². The molecule has 3 N–H and O–H groups in total. The van der Waals surface area contributed by atoms with Crippen molar-refractivity contribution in [3.05, 3.63) is 35.4 Å². The van der Waals surface area contributed by atoms with E-state index in [9.17, 15) is 4.79 Å². The van der Waals surface area contributed by atoms with E-state index in [-0.39, 0.29) is 6.61 Å².